The second-order valence-corrected chi connectivity index (χ2v) is 5.39. The van der Waals surface area contributed by atoms with Gasteiger partial charge >= 0.3 is 5.97 Å². The number of esters is 1. The van der Waals surface area contributed by atoms with E-state index in [-0.39, 0.29) is 24.4 Å². The summed E-state index contributed by atoms with van der Waals surface area (Å²) in [6.07, 6.45) is 0. The maximum atomic E-state index is 13.0. The molecule has 0 N–H and O–H groups in total. The Labute approximate surface area is 121 Å². The van der Waals surface area contributed by atoms with Crippen molar-refractivity contribution in [1.29, 1.82) is 0 Å². The van der Waals surface area contributed by atoms with E-state index in [1.165, 1.54) is 12.1 Å². The van der Waals surface area contributed by atoms with Gasteiger partial charge in [-0.25, -0.2) is 4.39 Å². The van der Waals surface area contributed by atoms with Gasteiger partial charge in [0, 0.05) is 17.1 Å². The molecule has 1 rings (SSSR count). The van der Waals surface area contributed by atoms with Gasteiger partial charge in [-0.1, -0.05) is 22.0 Å². The van der Waals surface area contributed by atoms with Crippen LogP contribution in [0.1, 0.15) is 26.3 Å². The number of hydrogen-bond donors (Lipinski definition) is 0. The fourth-order valence-electron chi connectivity index (χ4n) is 1.66. The van der Waals surface area contributed by atoms with Gasteiger partial charge in [0.1, 0.15) is 5.82 Å². The molecule has 1 aromatic carbocycles. The summed E-state index contributed by atoms with van der Waals surface area (Å²) < 4.78 is 18.7. The minimum Gasteiger partial charge on any atom is -0.465 e. The van der Waals surface area contributed by atoms with Crippen LogP contribution in [-0.4, -0.2) is 30.1 Å². The van der Waals surface area contributed by atoms with Gasteiger partial charge in [0.2, 0.25) is 0 Å². The highest BCUT2D eigenvalue weighted by Gasteiger charge is 2.16. The average molecular weight is 332 g/mol. The maximum absolute atomic E-state index is 13.0. The molecule has 0 radical (unpaired) electrons. The molecule has 0 saturated heterocycles. The highest BCUT2D eigenvalue weighted by Crippen LogP contribution is 2.20. The maximum Gasteiger partial charge on any atom is 0.320 e. The first-order valence-corrected chi connectivity index (χ1v) is 7.07. The third kappa shape index (κ3) is 5.28. The van der Waals surface area contributed by atoms with Crippen molar-refractivity contribution in [2.75, 3.05) is 13.2 Å². The van der Waals surface area contributed by atoms with E-state index in [1.54, 1.807) is 13.0 Å². The molecule has 3 nitrogen and oxygen atoms in total. The number of hydrogen-bond acceptors (Lipinski definition) is 3. The number of carbonyl (C=O) groups is 1. The van der Waals surface area contributed by atoms with Crippen molar-refractivity contribution in [3.8, 4) is 0 Å². The lowest BCUT2D eigenvalue weighted by molar-refractivity contribution is -0.145. The SMILES string of the molecule is CCOC(=O)CN(Cc1ccc(F)cc1Br)C(C)C. The minimum absolute atomic E-state index is 0.196. The van der Waals surface area contributed by atoms with E-state index in [9.17, 15) is 9.18 Å². The second-order valence-electron chi connectivity index (χ2n) is 4.54. The van der Waals surface area contributed by atoms with Crippen molar-refractivity contribution in [2.45, 2.75) is 33.4 Å². The van der Waals surface area contributed by atoms with Crippen molar-refractivity contribution < 1.29 is 13.9 Å². The van der Waals surface area contributed by atoms with Gasteiger partial charge < -0.3 is 4.74 Å². The molecule has 0 spiro atoms. The predicted molar refractivity (Wildman–Crippen MR) is 76.3 cm³/mol. The largest absolute Gasteiger partial charge is 0.465 e. The van der Waals surface area contributed by atoms with Crippen LogP contribution in [0.4, 0.5) is 4.39 Å². The molecule has 0 atom stereocenters. The summed E-state index contributed by atoms with van der Waals surface area (Å²) in [5.74, 6) is -0.522. The molecular weight excluding hydrogens is 313 g/mol. The zero-order chi connectivity index (χ0) is 14.4. The Hall–Kier alpha value is -0.940. The summed E-state index contributed by atoms with van der Waals surface area (Å²) in [6, 6.07) is 4.77. The summed E-state index contributed by atoms with van der Waals surface area (Å²) in [7, 11) is 0. The van der Waals surface area contributed by atoms with Crippen LogP contribution in [0, 0.1) is 5.82 Å². The molecule has 1 aromatic rings. The molecule has 0 aliphatic rings. The van der Waals surface area contributed by atoms with Gasteiger partial charge in [-0.15, -0.1) is 0 Å². The van der Waals surface area contributed by atoms with Crippen molar-refractivity contribution >= 4 is 21.9 Å². The zero-order valence-corrected chi connectivity index (χ0v) is 13.0. The van der Waals surface area contributed by atoms with Gasteiger partial charge in [-0.2, -0.15) is 0 Å². The summed E-state index contributed by atoms with van der Waals surface area (Å²) in [4.78, 5) is 13.5. The fraction of sp³-hybridized carbons (Fsp3) is 0.500. The van der Waals surface area contributed by atoms with E-state index in [2.05, 4.69) is 15.9 Å². The Morgan fingerprint density at radius 3 is 2.68 bits per heavy atom. The Morgan fingerprint density at radius 1 is 1.47 bits per heavy atom. The highest BCUT2D eigenvalue weighted by atomic mass is 79.9. The monoisotopic (exact) mass is 331 g/mol. The first-order chi connectivity index (χ1) is 8.93. The number of nitrogens with zero attached hydrogens (tertiary/aromatic N) is 1. The summed E-state index contributed by atoms with van der Waals surface area (Å²) >= 11 is 3.34. The van der Waals surface area contributed by atoms with Gasteiger partial charge in [0.05, 0.1) is 13.2 Å². The Bertz CT molecular complexity index is 437. The molecule has 0 unspecified atom stereocenters. The van der Waals surface area contributed by atoms with Crippen molar-refractivity contribution in [2.24, 2.45) is 0 Å². The third-order valence-corrected chi connectivity index (χ3v) is 3.49. The molecule has 0 bridgehead atoms. The Morgan fingerprint density at radius 2 is 2.16 bits per heavy atom. The van der Waals surface area contributed by atoms with Crippen LogP contribution in [0.5, 0.6) is 0 Å². The summed E-state index contributed by atoms with van der Waals surface area (Å²) in [5, 5.41) is 0. The fourth-order valence-corrected chi connectivity index (χ4v) is 2.14. The number of halogens is 2. The minimum atomic E-state index is -0.280. The molecule has 0 saturated carbocycles. The lowest BCUT2D eigenvalue weighted by atomic mass is 10.2. The molecule has 19 heavy (non-hydrogen) atoms. The van der Waals surface area contributed by atoms with E-state index in [4.69, 9.17) is 4.74 Å². The quantitative estimate of drug-likeness (QED) is 0.748. The third-order valence-electron chi connectivity index (χ3n) is 2.76. The summed E-state index contributed by atoms with van der Waals surface area (Å²) in [5.41, 5.74) is 0.944. The molecule has 0 heterocycles. The van der Waals surface area contributed by atoms with Crippen LogP contribution in [0.15, 0.2) is 22.7 Å². The van der Waals surface area contributed by atoms with Gasteiger partial charge in [-0.05, 0) is 38.5 Å². The molecule has 0 fully saturated rings. The molecule has 0 aromatic heterocycles. The molecular formula is C14H19BrFNO2. The first kappa shape index (κ1) is 16.1. The molecule has 0 aliphatic heterocycles. The van der Waals surface area contributed by atoms with Crippen LogP contribution >= 0.6 is 15.9 Å². The number of benzene rings is 1. The standard InChI is InChI=1S/C14H19BrFNO2/c1-4-19-14(18)9-17(10(2)3)8-11-5-6-12(16)7-13(11)15/h5-7,10H,4,8-9H2,1-3H3. The molecule has 0 amide bonds. The van der Waals surface area contributed by atoms with Crippen LogP contribution in [0.25, 0.3) is 0 Å². The van der Waals surface area contributed by atoms with Gasteiger partial charge in [-0.3, -0.25) is 9.69 Å². The summed E-state index contributed by atoms with van der Waals surface area (Å²) in [6.45, 7) is 6.99. The molecule has 5 heteroatoms. The predicted octanol–water partition coefficient (Wildman–Crippen LogP) is 3.36. The molecule has 0 aliphatic carbocycles. The Balaban J connectivity index is 2.75. The second kappa shape index (κ2) is 7.60. The molecule has 106 valence electrons. The van der Waals surface area contributed by atoms with Crippen LogP contribution in [0.3, 0.4) is 0 Å². The van der Waals surface area contributed by atoms with Crippen molar-refractivity contribution in [1.82, 2.24) is 4.90 Å². The number of rotatable bonds is 6. The average Bonchev–Trinajstić information content (AvgIpc) is 2.31. The number of carbonyl (C=O) groups excluding carboxylic acids is 1. The van der Waals surface area contributed by atoms with Crippen LogP contribution in [0.2, 0.25) is 0 Å². The van der Waals surface area contributed by atoms with Crippen LogP contribution in [-0.2, 0) is 16.1 Å². The Kier molecular flexibility index (Phi) is 6.45. The lowest BCUT2D eigenvalue weighted by Crippen LogP contribution is -2.36. The van der Waals surface area contributed by atoms with Crippen molar-refractivity contribution in [3.05, 3.63) is 34.1 Å². The smallest absolute Gasteiger partial charge is 0.320 e. The number of ether oxygens (including phenoxy) is 1. The zero-order valence-electron chi connectivity index (χ0n) is 11.5. The van der Waals surface area contributed by atoms with E-state index in [1.807, 2.05) is 18.7 Å². The lowest BCUT2D eigenvalue weighted by Gasteiger charge is -2.25. The topological polar surface area (TPSA) is 29.5 Å². The van der Waals surface area contributed by atoms with Gasteiger partial charge in [0.25, 0.3) is 0 Å². The van der Waals surface area contributed by atoms with Crippen molar-refractivity contribution in [3.63, 3.8) is 0 Å². The van der Waals surface area contributed by atoms with E-state index < -0.39 is 0 Å². The van der Waals surface area contributed by atoms with E-state index in [0.29, 0.717) is 17.6 Å². The van der Waals surface area contributed by atoms with Gasteiger partial charge in [0.15, 0.2) is 0 Å². The highest BCUT2D eigenvalue weighted by molar-refractivity contribution is 9.10. The normalized spacial score (nSPS) is 11.1. The van der Waals surface area contributed by atoms with E-state index >= 15 is 0 Å². The first-order valence-electron chi connectivity index (χ1n) is 6.27. The van der Waals surface area contributed by atoms with Crippen LogP contribution < -0.4 is 0 Å². The van der Waals surface area contributed by atoms with E-state index in [0.717, 1.165) is 5.56 Å².